The smallest absolute Gasteiger partial charge is 0.295 e. The Balaban J connectivity index is 1.67. The molecular weight excluding hydrogens is 482 g/mol. The van der Waals surface area contributed by atoms with Gasteiger partial charge in [0.25, 0.3) is 11.7 Å². The molecule has 1 saturated heterocycles. The van der Waals surface area contributed by atoms with Crippen LogP contribution in [-0.4, -0.2) is 51.3 Å². The predicted octanol–water partition coefficient (Wildman–Crippen LogP) is 4.71. The largest absolute Gasteiger partial charge is 0.505 e. The molecule has 1 aliphatic rings. The third-order valence-corrected chi connectivity index (χ3v) is 6.76. The summed E-state index contributed by atoms with van der Waals surface area (Å²) in [6, 6.07) is 19.7. The quantitative estimate of drug-likeness (QED) is 0.209. The fourth-order valence-corrected chi connectivity index (χ4v) is 5.01. The molecule has 0 spiro atoms. The number of aliphatic hydroxyl groups is 1. The van der Waals surface area contributed by atoms with Gasteiger partial charge in [-0.3, -0.25) is 14.0 Å². The molecule has 0 radical (unpaired) electrons. The molecule has 1 unspecified atom stereocenters. The van der Waals surface area contributed by atoms with Crippen LogP contribution in [0.2, 0.25) is 0 Å². The van der Waals surface area contributed by atoms with Gasteiger partial charge in [0, 0.05) is 12.7 Å². The van der Waals surface area contributed by atoms with Crippen LogP contribution in [0.4, 0.5) is 0 Å². The van der Waals surface area contributed by atoms with Crippen LogP contribution in [0, 0.1) is 6.92 Å². The number of amides is 1. The van der Waals surface area contributed by atoms with E-state index in [1.54, 1.807) is 35.7 Å². The molecule has 0 aliphatic carbocycles. The average molecular weight is 512 g/mol. The lowest BCUT2D eigenvalue weighted by molar-refractivity contribution is -0.139. The van der Waals surface area contributed by atoms with Gasteiger partial charge in [0.15, 0.2) is 17.3 Å². The molecule has 8 heteroatoms. The first-order valence-electron chi connectivity index (χ1n) is 12.5. The third kappa shape index (κ3) is 4.38. The molecule has 194 valence electrons. The standard InChI is InChI=1S/C30H29N3O5/c1-4-38-22-14-13-21(18-23(22)37-3)27-25(28(34)26-19(2)31-24-12-8-9-16-32(24)26)29(35)30(36)33(27)17-15-20-10-6-5-7-11-20/h5-14,16,18,27,34H,4,15,17H2,1-3H3/b28-25+. The molecule has 3 heterocycles. The second-order valence-electron chi connectivity index (χ2n) is 9.05. The highest BCUT2D eigenvalue weighted by molar-refractivity contribution is 6.46. The molecule has 4 aromatic rings. The molecule has 2 aromatic carbocycles. The van der Waals surface area contributed by atoms with Crippen molar-refractivity contribution in [3.63, 3.8) is 0 Å². The Bertz CT molecular complexity index is 1540. The van der Waals surface area contributed by atoms with Crippen LogP contribution >= 0.6 is 0 Å². The van der Waals surface area contributed by atoms with Crippen molar-refractivity contribution in [2.24, 2.45) is 0 Å². The van der Waals surface area contributed by atoms with E-state index >= 15 is 0 Å². The van der Waals surface area contributed by atoms with Crippen LogP contribution in [0.15, 0.2) is 78.5 Å². The fraction of sp³-hybridized carbons (Fsp3) is 0.233. The number of ketones is 1. The Hall–Kier alpha value is -4.59. The zero-order valence-corrected chi connectivity index (χ0v) is 21.5. The van der Waals surface area contributed by atoms with E-state index in [-0.39, 0.29) is 17.9 Å². The van der Waals surface area contributed by atoms with E-state index in [1.807, 2.05) is 55.5 Å². The van der Waals surface area contributed by atoms with Gasteiger partial charge in [-0.05, 0) is 55.7 Å². The number of carbonyl (C=O) groups is 2. The van der Waals surface area contributed by atoms with Crippen molar-refractivity contribution in [1.82, 2.24) is 14.3 Å². The minimum Gasteiger partial charge on any atom is -0.505 e. The number of fused-ring (bicyclic) bond motifs is 1. The zero-order valence-electron chi connectivity index (χ0n) is 21.5. The molecule has 2 aromatic heterocycles. The highest BCUT2D eigenvalue weighted by atomic mass is 16.5. The van der Waals surface area contributed by atoms with Gasteiger partial charge in [0.2, 0.25) is 0 Å². The highest BCUT2D eigenvalue weighted by Gasteiger charge is 2.46. The lowest BCUT2D eigenvalue weighted by Crippen LogP contribution is -2.31. The van der Waals surface area contributed by atoms with Crippen molar-refractivity contribution in [3.05, 3.63) is 101 Å². The molecular formula is C30H29N3O5. The number of aliphatic hydroxyl groups excluding tert-OH is 1. The number of aryl methyl sites for hydroxylation is 1. The van der Waals surface area contributed by atoms with E-state index in [1.165, 1.54) is 12.0 Å². The SMILES string of the molecule is CCOc1ccc(C2/C(=C(\O)c3c(C)nc4ccccn34)C(=O)C(=O)N2CCc2ccccc2)cc1OC. The van der Waals surface area contributed by atoms with Gasteiger partial charge >= 0.3 is 0 Å². The first-order valence-corrected chi connectivity index (χ1v) is 12.5. The van der Waals surface area contributed by atoms with Gasteiger partial charge in [0.1, 0.15) is 11.3 Å². The zero-order chi connectivity index (χ0) is 26.8. The monoisotopic (exact) mass is 511 g/mol. The Morgan fingerprint density at radius 1 is 1.03 bits per heavy atom. The van der Waals surface area contributed by atoms with Gasteiger partial charge in [0.05, 0.1) is 31.0 Å². The summed E-state index contributed by atoms with van der Waals surface area (Å²) in [7, 11) is 1.54. The maximum atomic E-state index is 13.5. The molecule has 1 atom stereocenters. The Morgan fingerprint density at radius 2 is 1.79 bits per heavy atom. The molecule has 1 fully saturated rings. The number of Topliss-reactive ketones (excluding diaryl/α,β-unsaturated/α-hetero) is 1. The van der Waals surface area contributed by atoms with Crippen LogP contribution < -0.4 is 9.47 Å². The number of ether oxygens (including phenoxy) is 2. The van der Waals surface area contributed by atoms with Crippen LogP contribution in [-0.2, 0) is 16.0 Å². The van der Waals surface area contributed by atoms with Crippen LogP contribution in [0.25, 0.3) is 11.4 Å². The second-order valence-corrected chi connectivity index (χ2v) is 9.05. The third-order valence-electron chi connectivity index (χ3n) is 6.76. The van der Waals surface area contributed by atoms with Crippen molar-refractivity contribution < 1.29 is 24.2 Å². The van der Waals surface area contributed by atoms with E-state index in [9.17, 15) is 14.7 Å². The van der Waals surface area contributed by atoms with Crippen molar-refractivity contribution in [1.29, 1.82) is 0 Å². The first kappa shape index (κ1) is 25.1. The van der Waals surface area contributed by atoms with Crippen molar-refractivity contribution in [2.45, 2.75) is 26.3 Å². The Kier molecular flexibility index (Phi) is 6.87. The number of benzene rings is 2. The molecule has 5 rings (SSSR count). The number of imidazole rings is 1. The Labute approximate surface area is 220 Å². The lowest BCUT2D eigenvalue weighted by Gasteiger charge is -2.26. The van der Waals surface area contributed by atoms with E-state index in [0.29, 0.717) is 47.1 Å². The first-order chi connectivity index (χ1) is 18.4. The van der Waals surface area contributed by atoms with Crippen LogP contribution in [0.5, 0.6) is 11.5 Å². The molecule has 1 amide bonds. The summed E-state index contributed by atoms with van der Waals surface area (Å²) in [4.78, 5) is 33.0. The summed E-state index contributed by atoms with van der Waals surface area (Å²) in [5, 5.41) is 11.6. The van der Waals surface area contributed by atoms with E-state index in [2.05, 4.69) is 4.98 Å². The summed E-state index contributed by atoms with van der Waals surface area (Å²) in [5.74, 6) is -0.633. The minimum absolute atomic E-state index is 0.0167. The predicted molar refractivity (Wildman–Crippen MR) is 143 cm³/mol. The summed E-state index contributed by atoms with van der Waals surface area (Å²) in [6.07, 6.45) is 2.32. The van der Waals surface area contributed by atoms with Gasteiger partial charge in [-0.1, -0.05) is 42.5 Å². The lowest BCUT2D eigenvalue weighted by atomic mass is 9.95. The second kappa shape index (κ2) is 10.4. The van der Waals surface area contributed by atoms with Crippen molar-refractivity contribution in [2.75, 3.05) is 20.3 Å². The number of hydrogen-bond donors (Lipinski definition) is 1. The van der Waals surface area contributed by atoms with Crippen LogP contribution in [0.3, 0.4) is 0 Å². The molecule has 1 aliphatic heterocycles. The highest BCUT2D eigenvalue weighted by Crippen LogP contribution is 2.42. The summed E-state index contributed by atoms with van der Waals surface area (Å²) in [5.41, 5.74) is 3.24. The van der Waals surface area contributed by atoms with E-state index in [0.717, 1.165) is 5.56 Å². The minimum atomic E-state index is -0.822. The van der Waals surface area contributed by atoms with Crippen molar-refractivity contribution >= 4 is 23.1 Å². The van der Waals surface area contributed by atoms with Gasteiger partial charge in [-0.15, -0.1) is 0 Å². The molecule has 8 nitrogen and oxygen atoms in total. The normalized spacial score (nSPS) is 16.8. The van der Waals surface area contributed by atoms with E-state index < -0.39 is 17.7 Å². The summed E-state index contributed by atoms with van der Waals surface area (Å²) in [6.45, 7) is 4.39. The summed E-state index contributed by atoms with van der Waals surface area (Å²) >= 11 is 0. The number of hydrogen-bond acceptors (Lipinski definition) is 6. The Morgan fingerprint density at radius 3 is 2.53 bits per heavy atom. The average Bonchev–Trinajstić information content (AvgIpc) is 3.40. The van der Waals surface area contributed by atoms with Gasteiger partial charge < -0.3 is 19.5 Å². The van der Waals surface area contributed by atoms with Crippen molar-refractivity contribution in [3.8, 4) is 11.5 Å². The maximum Gasteiger partial charge on any atom is 0.295 e. The number of carbonyl (C=O) groups excluding carboxylic acids is 2. The topological polar surface area (TPSA) is 93.4 Å². The molecule has 0 saturated carbocycles. The van der Waals surface area contributed by atoms with Gasteiger partial charge in [-0.2, -0.15) is 0 Å². The molecule has 1 N–H and O–H groups in total. The number of nitrogens with zero attached hydrogens (tertiary/aromatic N) is 3. The molecule has 0 bridgehead atoms. The van der Waals surface area contributed by atoms with E-state index in [4.69, 9.17) is 9.47 Å². The van der Waals surface area contributed by atoms with Gasteiger partial charge in [-0.25, -0.2) is 4.98 Å². The molecule has 38 heavy (non-hydrogen) atoms. The summed E-state index contributed by atoms with van der Waals surface area (Å²) < 4.78 is 12.9. The number of rotatable bonds is 8. The number of pyridine rings is 1. The van der Waals surface area contributed by atoms with Crippen LogP contribution in [0.1, 0.15) is 35.5 Å². The fourth-order valence-electron chi connectivity index (χ4n) is 5.01. The number of aromatic nitrogens is 2. The number of methoxy groups -OCH3 is 1. The number of likely N-dealkylation sites (tertiary alicyclic amines) is 1. The maximum absolute atomic E-state index is 13.5.